The van der Waals surface area contributed by atoms with Gasteiger partial charge in [0.1, 0.15) is 5.69 Å². The predicted molar refractivity (Wildman–Crippen MR) is 77.7 cm³/mol. The number of aromatic nitrogens is 1. The molecule has 0 fully saturated rings. The molecular formula is C14H19N3O3. The molecule has 2 rings (SSSR count). The fourth-order valence-electron chi connectivity index (χ4n) is 1.85. The Bertz CT molecular complexity index is 580. The summed E-state index contributed by atoms with van der Waals surface area (Å²) in [4.78, 5) is 15.0. The van der Waals surface area contributed by atoms with Gasteiger partial charge >= 0.3 is 0 Å². The number of anilines is 1. The highest BCUT2D eigenvalue weighted by molar-refractivity contribution is 5.98. The maximum atomic E-state index is 11.9. The van der Waals surface area contributed by atoms with Gasteiger partial charge in [0.15, 0.2) is 0 Å². The number of aromatic amines is 1. The number of rotatable bonds is 7. The summed E-state index contributed by atoms with van der Waals surface area (Å²) < 4.78 is 10.1. The van der Waals surface area contributed by atoms with Crippen molar-refractivity contribution in [3.63, 3.8) is 0 Å². The van der Waals surface area contributed by atoms with Crippen molar-refractivity contribution in [2.24, 2.45) is 0 Å². The number of H-pyrrole nitrogens is 1. The van der Waals surface area contributed by atoms with E-state index in [1.807, 2.05) is 12.1 Å². The third-order valence-corrected chi connectivity index (χ3v) is 2.85. The molecule has 108 valence electrons. The highest BCUT2D eigenvalue weighted by atomic mass is 16.5. The van der Waals surface area contributed by atoms with Gasteiger partial charge in [-0.25, -0.2) is 0 Å². The van der Waals surface area contributed by atoms with E-state index in [9.17, 15) is 4.79 Å². The van der Waals surface area contributed by atoms with E-state index in [1.54, 1.807) is 19.2 Å². The molecule has 1 aromatic carbocycles. The van der Waals surface area contributed by atoms with Gasteiger partial charge < -0.3 is 25.5 Å². The number of carbonyl (C=O) groups is 1. The number of nitrogens with two attached hydrogens (primary N) is 1. The largest absolute Gasteiger partial charge is 0.399 e. The molecule has 0 radical (unpaired) electrons. The molecule has 0 atom stereocenters. The first-order chi connectivity index (χ1) is 9.70. The Morgan fingerprint density at radius 3 is 2.95 bits per heavy atom. The molecule has 1 aromatic heterocycles. The molecule has 6 nitrogen and oxygen atoms in total. The third-order valence-electron chi connectivity index (χ3n) is 2.85. The summed E-state index contributed by atoms with van der Waals surface area (Å²) in [6.45, 7) is 2.00. The molecule has 2 aromatic rings. The van der Waals surface area contributed by atoms with Crippen molar-refractivity contribution < 1.29 is 14.3 Å². The maximum absolute atomic E-state index is 11.9. The summed E-state index contributed by atoms with van der Waals surface area (Å²) in [5.74, 6) is -0.157. The molecule has 0 unspecified atom stereocenters. The monoisotopic (exact) mass is 277 g/mol. The minimum Gasteiger partial charge on any atom is -0.399 e. The van der Waals surface area contributed by atoms with E-state index in [0.717, 1.165) is 10.9 Å². The van der Waals surface area contributed by atoms with Crippen molar-refractivity contribution in [1.82, 2.24) is 10.3 Å². The smallest absolute Gasteiger partial charge is 0.267 e. The van der Waals surface area contributed by atoms with Gasteiger partial charge in [-0.3, -0.25) is 4.79 Å². The topological polar surface area (TPSA) is 89.4 Å². The quantitative estimate of drug-likeness (QED) is 0.523. The molecule has 0 aliphatic carbocycles. The van der Waals surface area contributed by atoms with E-state index in [2.05, 4.69) is 10.3 Å². The molecular weight excluding hydrogens is 258 g/mol. The fourth-order valence-corrected chi connectivity index (χ4v) is 1.85. The van der Waals surface area contributed by atoms with Crippen LogP contribution in [-0.4, -0.2) is 44.4 Å². The van der Waals surface area contributed by atoms with E-state index in [0.29, 0.717) is 37.7 Å². The van der Waals surface area contributed by atoms with E-state index >= 15 is 0 Å². The average molecular weight is 277 g/mol. The van der Waals surface area contributed by atoms with Crippen molar-refractivity contribution in [2.75, 3.05) is 39.2 Å². The Balaban J connectivity index is 1.85. The van der Waals surface area contributed by atoms with Gasteiger partial charge in [-0.05, 0) is 24.3 Å². The molecule has 1 heterocycles. The van der Waals surface area contributed by atoms with E-state index in [-0.39, 0.29) is 5.91 Å². The molecule has 0 aliphatic heterocycles. The molecule has 0 bridgehead atoms. The van der Waals surface area contributed by atoms with Gasteiger partial charge in [-0.1, -0.05) is 0 Å². The van der Waals surface area contributed by atoms with Crippen molar-refractivity contribution in [3.05, 3.63) is 30.0 Å². The summed E-state index contributed by atoms with van der Waals surface area (Å²) in [6, 6.07) is 7.27. The zero-order valence-corrected chi connectivity index (χ0v) is 11.4. The van der Waals surface area contributed by atoms with Crippen LogP contribution in [0, 0.1) is 0 Å². The zero-order chi connectivity index (χ0) is 14.4. The first-order valence-corrected chi connectivity index (χ1v) is 6.44. The summed E-state index contributed by atoms with van der Waals surface area (Å²) in [7, 11) is 1.62. The molecule has 0 spiro atoms. The Morgan fingerprint density at radius 2 is 2.15 bits per heavy atom. The van der Waals surface area contributed by atoms with Gasteiger partial charge in [-0.15, -0.1) is 0 Å². The number of fused-ring (bicyclic) bond motifs is 1. The Morgan fingerprint density at radius 1 is 1.30 bits per heavy atom. The maximum Gasteiger partial charge on any atom is 0.267 e. The van der Waals surface area contributed by atoms with Crippen LogP contribution in [0.2, 0.25) is 0 Å². The van der Waals surface area contributed by atoms with Crippen LogP contribution in [0.1, 0.15) is 10.5 Å². The highest BCUT2D eigenvalue weighted by Gasteiger charge is 2.08. The first-order valence-electron chi connectivity index (χ1n) is 6.44. The van der Waals surface area contributed by atoms with Crippen LogP contribution in [0.25, 0.3) is 10.9 Å². The summed E-state index contributed by atoms with van der Waals surface area (Å²) in [5.41, 5.74) is 7.79. The van der Waals surface area contributed by atoms with E-state index in [1.165, 1.54) is 0 Å². The summed E-state index contributed by atoms with van der Waals surface area (Å²) in [5, 5.41) is 3.71. The van der Waals surface area contributed by atoms with Gasteiger partial charge in [0.05, 0.1) is 19.8 Å². The Hall–Kier alpha value is -2.05. The number of nitrogen functional groups attached to an aromatic ring is 1. The van der Waals surface area contributed by atoms with Crippen molar-refractivity contribution >= 4 is 22.5 Å². The van der Waals surface area contributed by atoms with Crippen LogP contribution in [0.3, 0.4) is 0 Å². The minimum absolute atomic E-state index is 0.157. The molecule has 4 N–H and O–H groups in total. The van der Waals surface area contributed by atoms with Crippen LogP contribution in [0.15, 0.2) is 24.3 Å². The molecule has 0 saturated heterocycles. The van der Waals surface area contributed by atoms with Gasteiger partial charge in [0.25, 0.3) is 5.91 Å². The number of benzene rings is 1. The molecule has 6 heteroatoms. The SMILES string of the molecule is COCCOCCNC(=O)c1cc2cc(N)ccc2[nH]1. The number of hydrogen-bond acceptors (Lipinski definition) is 4. The lowest BCUT2D eigenvalue weighted by Crippen LogP contribution is -2.27. The van der Waals surface area contributed by atoms with Crippen LogP contribution < -0.4 is 11.1 Å². The molecule has 20 heavy (non-hydrogen) atoms. The molecule has 0 saturated carbocycles. The number of hydrogen-bond donors (Lipinski definition) is 3. The standard InChI is InChI=1S/C14H19N3O3/c1-19-6-7-20-5-4-16-14(18)13-9-10-8-11(15)2-3-12(10)17-13/h2-3,8-9,17H,4-7,15H2,1H3,(H,16,18). The zero-order valence-electron chi connectivity index (χ0n) is 11.4. The minimum atomic E-state index is -0.157. The predicted octanol–water partition coefficient (Wildman–Crippen LogP) is 1.14. The van der Waals surface area contributed by atoms with Crippen LogP contribution in [0.5, 0.6) is 0 Å². The molecule has 1 amide bonds. The fraction of sp³-hybridized carbons (Fsp3) is 0.357. The third kappa shape index (κ3) is 3.72. The van der Waals surface area contributed by atoms with Crippen LogP contribution in [0.4, 0.5) is 5.69 Å². The van der Waals surface area contributed by atoms with Crippen molar-refractivity contribution in [1.29, 1.82) is 0 Å². The second-order valence-electron chi connectivity index (χ2n) is 4.39. The summed E-state index contributed by atoms with van der Waals surface area (Å²) in [6.07, 6.45) is 0. The van der Waals surface area contributed by atoms with Crippen LogP contribution in [-0.2, 0) is 9.47 Å². The van der Waals surface area contributed by atoms with Gasteiger partial charge in [-0.2, -0.15) is 0 Å². The second kappa shape index (κ2) is 6.93. The van der Waals surface area contributed by atoms with Gasteiger partial charge in [0, 0.05) is 30.2 Å². The number of carbonyl (C=O) groups excluding carboxylic acids is 1. The number of amides is 1. The Kier molecular flexibility index (Phi) is 4.97. The number of ether oxygens (including phenoxy) is 2. The lowest BCUT2D eigenvalue weighted by molar-refractivity contribution is 0.0692. The van der Waals surface area contributed by atoms with Crippen molar-refractivity contribution in [3.8, 4) is 0 Å². The second-order valence-corrected chi connectivity index (χ2v) is 4.39. The average Bonchev–Trinajstić information content (AvgIpc) is 2.85. The van der Waals surface area contributed by atoms with E-state index in [4.69, 9.17) is 15.2 Å². The van der Waals surface area contributed by atoms with E-state index < -0.39 is 0 Å². The number of methoxy groups -OCH3 is 1. The lowest BCUT2D eigenvalue weighted by atomic mass is 10.2. The summed E-state index contributed by atoms with van der Waals surface area (Å²) >= 11 is 0. The lowest BCUT2D eigenvalue weighted by Gasteiger charge is -2.04. The highest BCUT2D eigenvalue weighted by Crippen LogP contribution is 2.18. The molecule has 0 aliphatic rings. The normalized spacial score (nSPS) is 10.8. The van der Waals surface area contributed by atoms with Gasteiger partial charge in [0.2, 0.25) is 0 Å². The Labute approximate surface area is 117 Å². The first kappa shape index (κ1) is 14.4. The number of nitrogens with one attached hydrogen (secondary N) is 2. The van der Waals surface area contributed by atoms with Crippen LogP contribution >= 0.6 is 0 Å². The van der Waals surface area contributed by atoms with Crippen molar-refractivity contribution in [2.45, 2.75) is 0 Å².